The third kappa shape index (κ3) is 7.59. The molecule has 3 fully saturated rings. The summed E-state index contributed by atoms with van der Waals surface area (Å²) < 4.78 is 19.3. The van der Waals surface area contributed by atoms with Crippen molar-refractivity contribution in [3.8, 4) is 0 Å². The summed E-state index contributed by atoms with van der Waals surface area (Å²) in [6.07, 6.45) is 6.53. The standard InChI is InChI=1S/C34H46FN5O6/c1-21(40(33(44)45)20-34(2,3)4)30(42)37-28(22-9-6-5-7-10-22)32(43)39-17-25-11-8-16-38(25)18-27(39)31-36-26(19-46-31)29(41)23-12-14-24(35)15-13-23/h12-15,19,21-22,25,27-28H,5-11,16-18,20H2,1-4H3,(H,37,42)(H,44,45)/t21-,25+,27-,28-/m0/s1. The van der Waals surface area contributed by atoms with Crippen molar-refractivity contribution in [3.63, 3.8) is 0 Å². The molecule has 1 saturated carbocycles. The molecule has 250 valence electrons. The van der Waals surface area contributed by atoms with Crippen LogP contribution in [0, 0.1) is 17.2 Å². The summed E-state index contributed by atoms with van der Waals surface area (Å²) in [5.74, 6) is -1.48. The van der Waals surface area contributed by atoms with E-state index in [2.05, 4.69) is 15.2 Å². The number of nitrogens with one attached hydrogen (secondary N) is 1. The number of hydrogen-bond acceptors (Lipinski definition) is 7. The Morgan fingerprint density at radius 3 is 2.41 bits per heavy atom. The van der Waals surface area contributed by atoms with Crippen LogP contribution >= 0.6 is 0 Å². The van der Waals surface area contributed by atoms with Crippen molar-refractivity contribution in [2.75, 3.05) is 26.2 Å². The van der Waals surface area contributed by atoms with Crippen LogP contribution in [0.2, 0.25) is 0 Å². The highest BCUT2D eigenvalue weighted by molar-refractivity contribution is 6.07. The van der Waals surface area contributed by atoms with Crippen molar-refractivity contribution in [3.05, 3.63) is 53.5 Å². The van der Waals surface area contributed by atoms with Crippen molar-refractivity contribution in [2.45, 2.75) is 96.8 Å². The number of amides is 3. The van der Waals surface area contributed by atoms with E-state index < -0.39 is 41.7 Å². The Morgan fingerprint density at radius 1 is 1.07 bits per heavy atom. The van der Waals surface area contributed by atoms with E-state index >= 15 is 0 Å². The van der Waals surface area contributed by atoms with Gasteiger partial charge in [-0.15, -0.1) is 0 Å². The maximum atomic E-state index is 14.6. The van der Waals surface area contributed by atoms with Crippen molar-refractivity contribution >= 4 is 23.7 Å². The van der Waals surface area contributed by atoms with E-state index in [0.29, 0.717) is 13.1 Å². The second-order valence-corrected chi connectivity index (χ2v) is 14.2. The molecule has 1 aromatic carbocycles. The molecule has 3 amide bonds. The molecule has 12 heteroatoms. The molecule has 11 nitrogen and oxygen atoms in total. The number of piperazine rings is 1. The molecular weight excluding hydrogens is 593 g/mol. The van der Waals surface area contributed by atoms with Crippen LogP contribution in [0.3, 0.4) is 0 Å². The molecule has 1 aliphatic carbocycles. The molecular formula is C34H46FN5O6. The molecule has 2 aromatic rings. The number of rotatable bonds is 9. The maximum absolute atomic E-state index is 14.6. The van der Waals surface area contributed by atoms with E-state index in [1.807, 2.05) is 20.8 Å². The maximum Gasteiger partial charge on any atom is 0.407 e. The molecule has 0 radical (unpaired) electrons. The normalized spacial score (nSPS) is 22.2. The van der Waals surface area contributed by atoms with Gasteiger partial charge in [0.25, 0.3) is 0 Å². The number of nitrogens with zero attached hydrogens (tertiary/aromatic N) is 4. The highest BCUT2D eigenvalue weighted by Gasteiger charge is 2.45. The summed E-state index contributed by atoms with van der Waals surface area (Å²) in [5, 5.41) is 12.9. The molecule has 1 aromatic heterocycles. The van der Waals surface area contributed by atoms with Crippen LogP contribution in [0.1, 0.15) is 101 Å². The van der Waals surface area contributed by atoms with Crippen LogP contribution in [0.5, 0.6) is 0 Å². The van der Waals surface area contributed by atoms with Crippen molar-refractivity contribution < 1.29 is 33.1 Å². The Hall–Kier alpha value is -3.80. The second kappa shape index (κ2) is 13.9. The highest BCUT2D eigenvalue weighted by Crippen LogP contribution is 2.35. The first kappa shape index (κ1) is 33.6. The van der Waals surface area contributed by atoms with Gasteiger partial charge in [0.05, 0.1) is 0 Å². The zero-order valence-electron chi connectivity index (χ0n) is 27.2. The Bertz CT molecular complexity index is 1420. The molecule has 3 heterocycles. The van der Waals surface area contributed by atoms with Crippen LogP contribution in [-0.2, 0) is 9.59 Å². The Balaban J connectivity index is 1.42. The van der Waals surface area contributed by atoms with Gasteiger partial charge >= 0.3 is 6.09 Å². The Kier molecular flexibility index (Phi) is 10.1. The number of carbonyl (C=O) groups excluding carboxylic acids is 3. The van der Waals surface area contributed by atoms with Gasteiger partial charge in [-0.1, -0.05) is 40.0 Å². The lowest BCUT2D eigenvalue weighted by Gasteiger charge is -2.44. The monoisotopic (exact) mass is 639 g/mol. The summed E-state index contributed by atoms with van der Waals surface area (Å²) in [5.41, 5.74) is -0.0308. The van der Waals surface area contributed by atoms with E-state index in [1.165, 1.54) is 30.5 Å². The minimum Gasteiger partial charge on any atom is -0.465 e. The van der Waals surface area contributed by atoms with Gasteiger partial charge in [0.1, 0.15) is 35.9 Å². The number of aromatic nitrogens is 1. The fourth-order valence-corrected chi connectivity index (χ4v) is 7.09. The lowest BCUT2D eigenvalue weighted by Crippen LogP contribution is -2.61. The van der Waals surface area contributed by atoms with Gasteiger partial charge in [-0.25, -0.2) is 14.2 Å². The first-order valence-electron chi connectivity index (χ1n) is 16.4. The number of carboxylic acid groups (broad SMARTS) is 1. The molecule has 3 aliphatic rings. The van der Waals surface area contributed by atoms with E-state index in [4.69, 9.17) is 4.42 Å². The lowest BCUT2D eigenvalue weighted by atomic mass is 9.82. The van der Waals surface area contributed by atoms with Gasteiger partial charge in [-0.3, -0.25) is 24.2 Å². The van der Waals surface area contributed by atoms with Crippen molar-refractivity contribution in [1.29, 1.82) is 0 Å². The summed E-state index contributed by atoms with van der Waals surface area (Å²) in [6.45, 7) is 9.22. The fourth-order valence-electron chi connectivity index (χ4n) is 7.09. The predicted octanol–water partition coefficient (Wildman–Crippen LogP) is 4.87. The number of ketones is 1. The number of fused-ring (bicyclic) bond motifs is 1. The molecule has 0 bridgehead atoms. The van der Waals surface area contributed by atoms with Crippen LogP contribution in [0.15, 0.2) is 34.9 Å². The van der Waals surface area contributed by atoms with Crippen LogP contribution in [0.25, 0.3) is 0 Å². The number of halogens is 1. The Morgan fingerprint density at radius 2 is 1.76 bits per heavy atom. The predicted molar refractivity (Wildman–Crippen MR) is 168 cm³/mol. The molecule has 2 saturated heterocycles. The largest absolute Gasteiger partial charge is 0.465 e. The van der Waals surface area contributed by atoms with E-state index in [1.54, 1.807) is 11.8 Å². The van der Waals surface area contributed by atoms with E-state index in [-0.39, 0.29) is 47.0 Å². The fraction of sp³-hybridized carbons (Fsp3) is 0.618. The average molecular weight is 640 g/mol. The van der Waals surface area contributed by atoms with Gasteiger partial charge < -0.3 is 19.7 Å². The number of benzene rings is 1. The highest BCUT2D eigenvalue weighted by atomic mass is 19.1. The van der Waals surface area contributed by atoms with Gasteiger partial charge in [0.2, 0.25) is 23.5 Å². The quantitative estimate of drug-likeness (QED) is 0.371. The molecule has 46 heavy (non-hydrogen) atoms. The molecule has 0 unspecified atom stereocenters. The average Bonchev–Trinajstić information content (AvgIpc) is 3.71. The molecule has 2 aliphatic heterocycles. The zero-order valence-corrected chi connectivity index (χ0v) is 27.2. The summed E-state index contributed by atoms with van der Waals surface area (Å²) >= 11 is 0. The van der Waals surface area contributed by atoms with Crippen molar-refractivity contribution in [1.82, 2.24) is 25.0 Å². The van der Waals surface area contributed by atoms with Crippen molar-refractivity contribution in [2.24, 2.45) is 11.3 Å². The lowest BCUT2D eigenvalue weighted by molar-refractivity contribution is -0.145. The van der Waals surface area contributed by atoms with E-state index in [0.717, 1.165) is 56.4 Å². The third-order valence-corrected chi connectivity index (χ3v) is 9.54. The Labute approximate surface area is 269 Å². The smallest absolute Gasteiger partial charge is 0.407 e. The van der Waals surface area contributed by atoms with Gasteiger partial charge in [-0.05, 0) is 74.8 Å². The summed E-state index contributed by atoms with van der Waals surface area (Å²) in [4.78, 5) is 63.3. The van der Waals surface area contributed by atoms with Gasteiger partial charge in [0.15, 0.2) is 0 Å². The first-order valence-corrected chi connectivity index (χ1v) is 16.4. The number of hydrogen-bond donors (Lipinski definition) is 2. The number of carbonyl (C=O) groups is 4. The first-order chi connectivity index (χ1) is 21.8. The van der Waals surface area contributed by atoms with Crippen LogP contribution in [0.4, 0.5) is 9.18 Å². The minimum absolute atomic E-state index is 0.0659. The topological polar surface area (TPSA) is 136 Å². The summed E-state index contributed by atoms with van der Waals surface area (Å²) in [6, 6.07) is 2.94. The van der Waals surface area contributed by atoms with E-state index in [9.17, 15) is 28.7 Å². The molecule has 5 rings (SSSR count). The second-order valence-electron chi connectivity index (χ2n) is 14.2. The summed E-state index contributed by atoms with van der Waals surface area (Å²) in [7, 11) is 0. The number of oxazole rings is 1. The zero-order chi connectivity index (χ0) is 33.2. The minimum atomic E-state index is -1.19. The molecule has 4 atom stereocenters. The van der Waals surface area contributed by atoms with Gasteiger partial charge in [-0.2, -0.15) is 0 Å². The van der Waals surface area contributed by atoms with Crippen LogP contribution in [-0.4, -0.2) is 92.8 Å². The molecule has 0 spiro atoms. The SMILES string of the molecule is C[C@@H](C(=O)N[C@H](C(=O)N1C[C@H]2CCCN2C[C@H]1c1nc(C(=O)c2ccc(F)cc2)co1)C1CCCCC1)N(CC(C)(C)C)C(=O)O. The van der Waals surface area contributed by atoms with Crippen LogP contribution < -0.4 is 5.32 Å². The molecule has 2 N–H and O–H groups in total. The third-order valence-electron chi connectivity index (χ3n) is 9.54. The van der Waals surface area contributed by atoms with Gasteiger partial charge in [0, 0.05) is 31.2 Å².